The second kappa shape index (κ2) is 6.93. The molecule has 1 unspecified atom stereocenters. The summed E-state index contributed by atoms with van der Waals surface area (Å²) in [5, 5.41) is 12.1. The maximum Gasteiger partial charge on any atom is 0.130 e. The summed E-state index contributed by atoms with van der Waals surface area (Å²) in [7, 11) is 0. The molecule has 0 saturated heterocycles. The van der Waals surface area contributed by atoms with Gasteiger partial charge in [-0.3, -0.25) is 5.32 Å². The second-order valence-electron chi connectivity index (χ2n) is 4.22. The molecule has 0 radical (unpaired) electrons. The van der Waals surface area contributed by atoms with Gasteiger partial charge < -0.3 is 4.74 Å². The Morgan fingerprint density at radius 2 is 2.18 bits per heavy atom. The Bertz CT molecular complexity index is 396. The van der Waals surface area contributed by atoms with E-state index in [1.807, 2.05) is 19.1 Å². The SMILES string of the molecule is CCCNC(C#N)COc1ccc(C)cc1C. The summed E-state index contributed by atoms with van der Waals surface area (Å²) in [4.78, 5) is 0. The first-order chi connectivity index (χ1) is 8.17. The molecule has 0 amide bonds. The van der Waals surface area contributed by atoms with Gasteiger partial charge in [0.25, 0.3) is 0 Å². The van der Waals surface area contributed by atoms with Gasteiger partial charge in [-0.05, 0) is 38.4 Å². The minimum absolute atomic E-state index is 0.240. The molecule has 1 atom stereocenters. The van der Waals surface area contributed by atoms with Gasteiger partial charge in [0.05, 0.1) is 6.07 Å². The molecule has 0 aliphatic carbocycles. The summed E-state index contributed by atoms with van der Waals surface area (Å²) in [6.07, 6.45) is 1.02. The van der Waals surface area contributed by atoms with E-state index in [4.69, 9.17) is 10.00 Å². The van der Waals surface area contributed by atoms with Crippen molar-refractivity contribution in [2.24, 2.45) is 0 Å². The summed E-state index contributed by atoms with van der Waals surface area (Å²) < 4.78 is 5.66. The first-order valence-electron chi connectivity index (χ1n) is 6.00. The van der Waals surface area contributed by atoms with Crippen LogP contribution in [0.15, 0.2) is 18.2 Å². The number of aryl methyl sites for hydroxylation is 2. The fraction of sp³-hybridized carbons (Fsp3) is 0.500. The van der Waals surface area contributed by atoms with Crippen LogP contribution >= 0.6 is 0 Å². The zero-order valence-corrected chi connectivity index (χ0v) is 10.8. The Morgan fingerprint density at radius 3 is 2.76 bits per heavy atom. The average molecular weight is 232 g/mol. The van der Waals surface area contributed by atoms with Crippen LogP contribution in [0.3, 0.4) is 0 Å². The zero-order chi connectivity index (χ0) is 12.7. The first-order valence-corrected chi connectivity index (χ1v) is 6.00. The molecule has 0 fully saturated rings. The maximum absolute atomic E-state index is 8.95. The van der Waals surface area contributed by atoms with Gasteiger partial charge in [0, 0.05) is 0 Å². The lowest BCUT2D eigenvalue weighted by Gasteiger charge is -2.14. The number of nitriles is 1. The van der Waals surface area contributed by atoms with Crippen LogP contribution in [-0.4, -0.2) is 19.2 Å². The molecule has 3 nitrogen and oxygen atoms in total. The van der Waals surface area contributed by atoms with Crippen LogP contribution in [-0.2, 0) is 0 Å². The average Bonchev–Trinajstić information content (AvgIpc) is 2.31. The molecule has 17 heavy (non-hydrogen) atoms. The largest absolute Gasteiger partial charge is 0.491 e. The molecule has 0 saturated carbocycles. The topological polar surface area (TPSA) is 45.0 Å². The van der Waals surface area contributed by atoms with Crippen LogP contribution < -0.4 is 10.1 Å². The van der Waals surface area contributed by atoms with Gasteiger partial charge in [-0.1, -0.05) is 24.6 Å². The molecule has 0 bridgehead atoms. The highest BCUT2D eigenvalue weighted by Gasteiger charge is 2.07. The molecule has 0 heterocycles. The minimum atomic E-state index is -0.240. The zero-order valence-electron chi connectivity index (χ0n) is 10.8. The van der Waals surface area contributed by atoms with Crippen LogP contribution in [0.5, 0.6) is 5.75 Å². The third kappa shape index (κ3) is 4.46. The molecular formula is C14H20N2O. The Kier molecular flexibility index (Phi) is 5.51. The van der Waals surface area contributed by atoms with Gasteiger partial charge >= 0.3 is 0 Å². The first kappa shape index (κ1) is 13.5. The summed E-state index contributed by atoms with van der Waals surface area (Å²) in [6, 6.07) is 8.02. The smallest absolute Gasteiger partial charge is 0.130 e. The number of benzene rings is 1. The van der Waals surface area contributed by atoms with Crippen molar-refractivity contribution >= 4 is 0 Å². The molecule has 3 heteroatoms. The van der Waals surface area contributed by atoms with E-state index in [1.54, 1.807) is 0 Å². The van der Waals surface area contributed by atoms with Crippen LogP contribution in [0, 0.1) is 25.2 Å². The molecule has 1 aromatic rings. The lowest BCUT2D eigenvalue weighted by atomic mass is 10.1. The predicted molar refractivity (Wildman–Crippen MR) is 69.1 cm³/mol. The van der Waals surface area contributed by atoms with Gasteiger partial charge in [0.15, 0.2) is 0 Å². The Labute approximate surface area is 103 Å². The van der Waals surface area contributed by atoms with E-state index in [9.17, 15) is 0 Å². The summed E-state index contributed by atoms with van der Waals surface area (Å²) in [5.41, 5.74) is 2.33. The predicted octanol–water partition coefficient (Wildman–Crippen LogP) is 2.57. The number of hydrogen-bond donors (Lipinski definition) is 1. The lowest BCUT2D eigenvalue weighted by molar-refractivity contribution is 0.287. The normalized spacial score (nSPS) is 11.9. The van der Waals surface area contributed by atoms with Crippen molar-refractivity contribution in [1.29, 1.82) is 5.26 Å². The van der Waals surface area contributed by atoms with E-state index in [2.05, 4.69) is 31.3 Å². The lowest BCUT2D eigenvalue weighted by Crippen LogP contribution is -2.33. The highest BCUT2D eigenvalue weighted by Crippen LogP contribution is 2.18. The third-order valence-electron chi connectivity index (χ3n) is 2.53. The van der Waals surface area contributed by atoms with Crippen molar-refractivity contribution < 1.29 is 4.74 Å². The van der Waals surface area contributed by atoms with E-state index >= 15 is 0 Å². The van der Waals surface area contributed by atoms with E-state index in [1.165, 1.54) is 5.56 Å². The van der Waals surface area contributed by atoms with Crippen LogP contribution in [0.25, 0.3) is 0 Å². The van der Waals surface area contributed by atoms with Crippen molar-refractivity contribution in [2.45, 2.75) is 33.2 Å². The standard InChI is InChI=1S/C14H20N2O/c1-4-7-16-13(9-15)10-17-14-6-5-11(2)8-12(14)3/h5-6,8,13,16H,4,7,10H2,1-3H3. The highest BCUT2D eigenvalue weighted by molar-refractivity contribution is 5.35. The number of hydrogen-bond acceptors (Lipinski definition) is 3. The molecule has 1 aromatic carbocycles. The van der Waals surface area contributed by atoms with Crippen LogP contribution in [0.4, 0.5) is 0 Å². The minimum Gasteiger partial charge on any atom is -0.491 e. The van der Waals surface area contributed by atoms with Crippen molar-refractivity contribution in [3.05, 3.63) is 29.3 Å². The van der Waals surface area contributed by atoms with Gasteiger partial charge in [0.2, 0.25) is 0 Å². The molecule has 1 N–H and O–H groups in total. The van der Waals surface area contributed by atoms with Crippen molar-refractivity contribution in [3.63, 3.8) is 0 Å². The molecule has 0 aliphatic rings. The number of nitrogens with one attached hydrogen (secondary N) is 1. The number of ether oxygens (including phenoxy) is 1. The quantitative estimate of drug-likeness (QED) is 0.820. The monoisotopic (exact) mass is 232 g/mol. The van der Waals surface area contributed by atoms with Gasteiger partial charge in [-0.15, -0.1) is 0 Å². The molecule has 0 aromatic heterocycles. The van der Waals surface area contributed by atoms with Gasteiger partial charge in [-0.2, -0.15) is 5.26 Å². The van der Waals surface area contributed by atoms with Crippen molar-refractivity contribution in [1.82, 2.24) is 5.32 Å². The summed E-state index contributed by atoms with van der Waals surface area (Å²) in [6.45, 7) is 7.38. The van der Waals surface area contributed by atoms with Crippen molar-refractivity contribution in [3.8, 4) is 11.8 Å². The van der Waals surface area contributed by atoms with Crippen molar-refractivity contribution in [2.75, 3.05) is 13.2 Å². The molecule has 92 valence electrons. The Morgan fingerprint density at radius 1 is 1.41 bits per heavy atom. The third-order valence-corrected chi connectivity index (χ3v) is 2.53. The van der Waals surface area contributed by atoms with Crippen LogP contribution in [0.2, 0.25) is 0 Å². The summed E-state index contributed by atoms with van der Waals surface area (Å²) in [5.74, 6) is 0.856. The molecule has 0 spiro atoms. The second-order valence-corrected chi connectivity index (χ2v) is 4.22. The fourth-order valence-corrected chi connectivity index (χ4v) is 1.59. The maximum atomic E-state index is 8.95. The Hall–Kier alpha value is -1.53. The van der Waals surface area contributed by atoms with Gasteiger partial charge in [0.1, 0.15) is 18.4 Å². The summed E-state index contributed by atoms with van der Waals surface area (Å²) >= 11 is 0. The van der Waals surface area contributed by atoms with Crippen LogP contribution in [0.1, 0.15) is 24.5 Å². The molecule has 1 rings (SSSR count). The van der Waals surface area contributed by atoms with Gasteiger partial charge in [-0.25, -0.2) is 0 Å². The number of rotatable bonds is 6. The van der Waals surface area contributed by atoms with E-state index in [0.717, 1.165) is 24.3 Å². The highest BCUT2D eigenvalue weighted by atomic mass is 16.5. The molecular weight excluding hydrogens is 212 g/mol. The Balaban J connectivity index is 2.51. The van der Waals surface area contributed by atoms with E-state index in [-0.39, 0.29) is 6.04 Å². The fourth-order valence-electron chi connectivity index (χ4n) is 1.59. The van der Waals surface area contributed by atoms with E-state index < -0.39 is 0 Å². The molecule has 0 aliphatic heterocycles. The van der Waals surface area contributed by atoms with E-state index in [0.29, 0.717) is 6.61 Å². The number of nitrogens with zero attached hydrogens (tertiary/aromatic N) is 1.